The van der Waals surface area contributed by atoms with E-state index in [-0.39, 0.29) is 0 Å². The summed E-state index contributed by atoms with van der Waals surface area (Å²) in [7, 11) is 3.97. The molecule has 0 fully saturated rings. The summed E-state index contributed by atoms with van der Waals surface area (Å²) in [5.74, 6) is 2.51. The predicted octanol–water partition coefficient (Wildman–Crippen LogP) is 1.65. The van der Waals surface area contributed by atoms with Gasteiger partial charge in [-0.3, -0.25) is 0 Å². The van der Waals surface area contributed by atoms with Gasteiger partial charge in [0.1, 0.15) is 5.82 Å². The van der Waals surface area contributed by atoms with E-state index < -0.39 is 0 Å². The third-order valence-corrected chi connectivity index (χ3v) is 3.34. The van der Waals surface area contributed by atoms with E-state index in [1.54, 1.807) is 0 Å². The molecule has 0 unspecified atom stereocenters. The van der Waals surface area contributed by atoms with Gasteiger partial charge in [0.2, 0.25) is 5.95 Å². The molecule has 1 aromatic heterocycles. The quantitative estimate of drug-likeness (QED) is 0.846. The highest BCUT2D eigenvalue weighted by molar-refractivity contribution is 5.51. The molecule has 0 atom stereocenters. The van der Waals surface area contributed by atoms with E-state index in [1.165, 1.54) is 11.3 Å². The predicted molar refractivity (Wildman–Crippen MR) is 79.7 cm³/mol. The summed E-state index contributed by atoms with van der Waals surface area (Å²) in [6.07, 6.45) is 2.14. The summed E-state index contributed by atoms with van der Waals surface area (Å²) < 4.78 is 0. The Hall–Kier alpha value is -1.36. The number of hydrogen-bond donors (Lipinski definition) is 2. The first kappa shape index (κ1) is 14.1. The van der Waals surface area contributed by atoms with Gasteiger partial charge in [-0.05, 0) is 12.3 Å². The Morgan fingerprint density at radius 3 is 2.79 bits per heavy atom. The summed E-state index contributed by atoms with van der Waals surface area (Å²) in [5.41, 5.74) is 2.42. The van der Waals surface area contributed by atoms with Gasteiger partial charge >= 0.3 is 0 Å². The molecule has 0 saturated carbocycles. The highest BCUT2D eigenvalue weighted by Gasteiger charge is 2.18. The Morgan fingerprint density at radius 1 is 1.32 bits per heavy atom. The monoisotopic (exact) mass is 263 g/mol. The average Bonchev–Trinajstić information content (AvgIpc) is 2.38. The zero-order chi connectivity index (χ0) is 13.8. The lowest BCUT2D eigenvalue weighted by Crippen LogP contribution is -2.28. The number of rotatable bonds is 5. The van der Waals surface area contributed by atoms with Crippen LogP contribution in [0.3, 0.4) is 0 Å². The van der Waals surface area contributed by atoms with Gasteiger partial charge in [-0.1, -0.05) is 13.8 Å². The molecule has 1 aliphatic rings. The lowest BCUT2D eigenvalue weighted by atomic mass is 10.1. The van der Waals surface area contributed by atoms with E-state index in [4.69, 9.17) is 0 Å². The van der Waals surface area contributed by atoms with Gasteiger partial charge < -0.3 is 15.5 Å². The van der Waals surface area contributed by atoms with Crippen LogP contribution in [0.5, 0.6) is 0 Å². The minimum atomic E-state index is 0.705. The third kappa shape index (κ3) is 3.56. The molecule has 106 valence electrons. The fourth-order valence-corrected chi connectivity index (χ4v) is 2.16. The lowest BCUT2D eigenvalue weighted by molar-refractivity contribution is 0.602. The van der Waals surface area contributed by atoms with Gasteiger partial charge in [-0.25, -0.2) is 4.98 Å². The molecule has 0 radical (unpaired) electrons. The second-order valence-corrected chi connectivity index (χ2v) is 5.73. The maximum atomic E-state index is 4.65. The van der Waals surface area contributed by atoms with Crippen molar-refractivity contribution in [2.75, 3.05) is 37.4 Å². The first-order chi connectivity index (χ1) is 9.08. The molecule has 0 amide bonds. The van der Waals surface area contributed by atoms with E-state index in [2.05, 4.69) is 34.4 Å². The van der Waals surface area contributed by atoms with Gasteiger partial charge in [0, 0.05) is 45.7 Å². The third-order valence-electron chi connectivity index (χ3n) is 3.34. The normalized spacial score (nSPS) is 14.4. The molecule has 1 aromatic rings. The van der Waals surface area contributed by atoms with Crippen molar-refractivity contribution in [1.82, 2.24) is 15.3 Å². The van der Waals surface area contributed by atoms with Crippen LogP contribution in [0.2, 0.25) is 0 Å². The van der Waals surface area contributed by atoms with Crippen molar-refractivity contribution >= 4 is 11.8 Å². The van der Waals surface area contributed by atoms with Crippen molar-refractivity contribution in [3.05, 3.63) is 11.3 Å². The van der Waals surface area contributed by atoms with Crippen LogP contribution in [-0.4, -0.2) is 37.2 Å². The Kier molecular flexibility index (Phi) is 4.58. The molecule has 2 heterocycles. The second kappa shape index (κ2) is 6.19. The molecule has 0 saturated heterocycles. The summed E-state index contributed by atoms with van der Waals surface area (Å²) in [6, 6.07) is 0. The number of fused-ring (bicyclic) bond motifs is 1. The maximum Gasteiger partial charge on any atom is 0.227 e. The fraction of sp³-hybridized carbons (Fsp3) is 0.714. The molecule has 19 heavy (non-hydrogen) atoms. The van der Waals surface area contributed by atoms with E-state index >= 15 is 0 Å². The molecule has 0 aromatic carbocycles. The van der Waals surface area contributed by atoms with Crippen molar-refractivity contribution in [2.45, 2.75) is 33.2 Å². The molecule has 0 bridgehead atoms. The maximum absolute atomic E-state index is 4.65. The van der Waals surface area contributed by atoms with Gasteiger partial charge in [0.05, 0.1) is 5.69 Å². The van der Waals surface area contributed by atoms with E-state index in [0.717, 1.165) is 44.2 Å². The Bertz CT molecular complexity index is 428. The largest absolute Gasteiger partial charge is 0.370 e. The summed E-state index contributed by atoms with van der Waals surface area (Å²) in [6.45, 7) is 7.32. The summed E-state index contributed by atoms with van der Waals surface area (Å²) >= 11 is 0. The van der Waals surface area contributed by atoms with Crippen LogP contribution >= 0.6 is 0 Å². The minimum absolute atomic E-state index is 0.705. The Balaban J connectivity index is 2.21. The van der Waals surface area contributed by atoms with Crippen LogP contribution in [0.15, 0.2) is 0 Å². The van der Waals surface area contributed by atoms with Crippen LogP contribution < -0.4 is 15.5 Å². The smallest absolute Gasteiger partial charge is 0.227 e. The standard InChI is InChI=1S/C14H25N5/c1-10(2)5-8-16-13-11-9-15-7-6-12(11)17-14(18-13)19(3)4/h10,15H,5-9H2,1-4H3,(H,16,17,18). The van der Waals surface area contributed by atoms with Crippen LogP contribution in [-0.2, 0) is 13.0 Å². The minimum Gasteiger partial charge on any atom is -0.370 e. The van der Waals surface area contributed by atoms with E-state index in [1.807, 2.05) is 19.0 Å². The van der Waals surface area contributed by atoms with E-state index in [0.29, 0.717) is 5.92 Å². The molecule has 2 N–H and O–H groups in total. The zero-order valence-electron chi connectivity index (χ0n) is 12.5. The number of hydrogen-bond acceptors (Lipinski definition) is 5. The van der Waals surface area contributed by atoms with Crippen molar-refractivity contribution in [1.29, 1.82) is 0 Å². The van der Waals surface area contributed by atoms with Gasteiger partial charge in [0.25, 0.3) is 0 Å². The molecule has 0 aliphatic carbocycles. The van der Waals surface area contributed by atoms with Gasteiger partial charge in [-0.2, -0.15) is 4.98 Å². The van der Waals surface area contributed by atoms with Gasteiger partial charge in [0.15, 0.2) is 0 Å². The Labute approximate surface area is 115 Å². The molecule has 0 spiro atoms. The molecular weight excluding hydrogens is 238 g/mol. The lowest BCUT2D eigenvalue weighted by Gasteiger charge is -2.22. The molecule has 1 aliphatic heterocycles. The van der Waals surface area contributed by atoms with Crippen molar-refractivity contribution in [2.24, 2.45) is 5.92 Å². The number of aromatic nitrogens is 2. The van der Waals surface area contributed by atoms with Crippen LogP contribution in [0.1, 0.15) is 31.5 Å². The summed E-state index contributed by atoms with van der Waals surface area (Å²) in [4.78, 5) is 11.3. The number of anilines is 2. The fourth-order valence-electron chi connectivity index (χ4n) is 2.16. The SMILES string of the molecule is CC(C)CCNc1nc(N(C)C)nc2c1CNCC2. The van der Waals surface area contributed by atoms with Crippen LogP contribution in [0.4, 0.5) is 11.8 Å². The molecule has 5 heteroatoms. The number of nitrogens with one attached hydrogen (secondary N) is 2. The van der Waals surface area contributed by atoms with Crippen LogP contribution in [0, 0.1) is 5.92 Å². The zero-order valence-corrected chi connectivity index (χ0v) is 12.5. The first-order valence-electron chi connectivity index (χ1n) is 7.09. The first-order valence-corrected chi connectivity index (χ1v) is 7.09. The highest BCUT2D eigenvalue weighted by atomic mass is 15.2. The van der Waals surface area contributed by atoms with Gasteiger partial charge in [-0.15, -0.1) is 0 Å². The van der Waals surface area contributed by atoms with Crippen molar-refractivity contribution in [3.63, 3.8) is 0 Å². The van der Waals surface area contributed by atoms with Crippen molar-refractivity contribution < 1.29 is 0 Å². The summed E-state index contributed by atoms with van der Waals surface area (Å²) in [5, 5.41) is 6.88. The molecule has 2 rings (SSSR count). The average molecular weight is 263 g/mol. The second-order valence-electron chi connectivity index (χ2n) is 5.73. The topological polar surface area (TPSA) is 53.1 Å². The molecule has 5 nitrogen and oxygen atoms in total. The molecular formula is C14H25N5. The highest BCUT2D eigenvalue weighted by Crippen LogP contribution is 2.22. The number of nitrogens with zero attached hydrogens (tertiary/aromatic N) is 3. The Morgan fingerprint density at radius 2 is 2.11 bits per heavy atom. The van der Waals surface area contributed by atoms with Crippen LogP contribution in [0.25, 0.3) is 0 Å². The van der Waals surface area contributed by atoms with Crippen molar-refractivity contribution in [3.8, 4) is 0 Å². The van der Waals surface area contributed by atoms with E-state index in [9.17, 15) is 0 Å².